The molecule has 0 unspecified atom stereocenters. The van der Waals surface area contributed by atoms with Gasteiger partial charge in [-0.05, 0) is 29.5 Å². The summed E-state index contributed by atoms with van der Waals surface area (Å²) in [6.45, 7) is 0. The maximum Gasteiger partial charge on any atom is 0.328 e. The normalized spacial score (nSPS) is 11.8. The van der Waals surface area contributed by atoms with E-state index in [1.54, 1.807) is 0 Å². The Morgan fingerprint density at radius 2 is 1.33 bits per heavy atom. The van der Waals surface area contributed by atoms with E-state index in [1.165, 1.54) is 7.11 Å². The predicted molar refractivity (Wildman–Crippen MR) is 130 cm³/mol. The van der Waals surface area contributed by atoms with Crippen LogP contribution in [0.2, 0.25) is 0 Å². The fraction of sp³-hybridized carbons (Fsp3) is 0.241. The van der Waals surface area contributed by atoms with Crippen molar-refractivity contribution in [1.82, 2.24) is 5.32 Å². The van der Waals surface area contributed by atoms with Crippen LogP contribution in [0.25, 0.3) is 0 Å². The summed E-state index contributed by atoms with van der Waals surface area (Å²) in [5.74, 6) is 1.87. The Morgan fingerprint density at radius 3 is 1.73 bits per heavy atom. The third kappa shape index (κ3) is 5.70. The van der Waals surface area contributed by atoms with Gasteiger partial charge in [0.25, 0.3) is 0 Å². The van der Waals surface area contributed by atoms with E-state index in [0.717, 1.165) is 16.7 Å². The number of amides is 1. The molecule has 1 amide bonds. The van der Waals surface area contributed by atoms with Gasteiger partial charge < -0.3 is 10.1 Å². The van der Waals surface area contributed by atoms with Gasteiger partial charge in [0.1, 0.15) is 6.04 Å². The topological polar surface area (TPSA) is 55.4 Å². The van der Waals surface area contributed by atoms with Crippen LogP contribution in [-0.2, 0) is 19.7 Å². The number of carbonyl (C=O) groups excluding carboxylic acids is 2. The molecule has 1 atom stereocenters. The predicted octanol–water partition coefficient (Wildman–Crippen LogP) is 4.87. The monoisotopic (exact) mass is 439 g/mol. The van der Waals surface area contributed by atoms with Crippen LogP contribution in [0.1, 0.15) is 42.4 Å². The number of unbranched alkanes of at least 4 members (excludes halogenated alkanes) is 1. The highest BCUT2D eigenvalue weighted by molar-refractivity contribution is 5.86. The van der Waals surface area contributed by atoms with E-state index in [4.69, 9.17) is 11.2 Å². The number of hydrogen-bond donors (Lipinski definition) is 1. The number of methoxy groups -OCH3 is 1. The lowest BCUT2D eigenvalue weighted by Gasteiger charge is -2.36. The molecule has 0 bridgehead atoms. The van der Waals surface area contributed by atoms with Crippen LogP contribution in [0.15, 0.2) is 91.0 Å². The average Bonchev–Trinajstić information content (AvgIpc) is 2.88. The zero-order valence-electron chi connectivity index (χ0n) is 18.9. The third-order valence-electron chi connectivity index (χ3n) is 5.86. The second-order valence-electron chi connectivity index (χ2n) is 7.92. The van der Waals surface area contributed by atoms with Crippen LogP contribution in [0, 0.1) is 12.3 Å². The first kappa shape index (κ1) is 23.8. The van der Waals surface area contributed by atoms with E-state index in [0.29, 0.717) is 19.3 Å². The van der Waals surface area contributed by atoms with E-state index in [1.807, 2.05) is 91.0 Å². The van der Waals surface area contributed by atoms with Crippen molar-refractivity contribution >= 4 is 11.9 Å². The van der Waals surface area contributed by atoms with E-state index in [-0.39, 0.29) is 12.3 Å². The lowest BCUT2D eigenvalue weighted by Crippen LogP contribution is -2.45. The van der Waals surface area contributed by atoms with Gasteiger partial charge in [0.15, 0.2) is 0 Å². The van der Waals surface area contributed by atoms with Crippen molar-refractivity contribution in [3.63, 3.8) is 0 Å². The highest BCUT2D eigenvalue weighted by Crippen LogP contribution is 2.42. The Hall–Kier alpha value is -3.84. The smallest absolute Gasteiger partial charge is 0.328 e. The minimum Gasteiger partial charge on any atom is -0.467 e. The molecule has 0 heterocycles. The number of hydrogen-bond acceptors (Lipinski definition) is 3. The summed E-state index contributed by atoms with van der Waals surface area (Å²) < 4.78 is 4.92. The second kappa shape index (κ2) is 11.7. The van der Waals surface area contributed by atoms with Crippen LogP contribution in [-0.4, -0.2) is 25.0 Å². The van der Waals surface area contributed by atoms with Crippen molar-refractivity contribution in [2.24, 2.45) is 0 Å². The van der Waals surface area contributed by atoms with Gasteiger partial charge in [-0.2, -0.15) is 0 Å². The fourth-order valence-corrected chi connectivity index (χ4v) is 4.26. The third-order valence-corrected chi connectivity index (χ3v) is 5.86. The zero-order valence-corrected chi connectivity index (χ0v) is 18.9. The van der Waals surface area contributed by atoms with E-state index in [2.05, 4.69) is 11.2 Å². The molecule has 0 aromatic heterocycles. The molecule has 0 spiro atoms. The second-order valence-corrected chi connectivity index (χ2v) is 7.92. The molecule has 1 N–H and O–H groups in total. The molecule has 0 aliphatic rings. The zero-order chi connectivity index (χ0) is 23.5. The fourth-order valence-electron chi connectivity index (χ4n) is 4.26. The minimum atomic E-state index is -0.740. The average molecular weight is 440 g/mol. The van der Waals surface area contributed by atoms with Crippen molar-refractivity contribution in [1.29, 1.82) is 0 Å². The summed E-state index contributed by atoms with van der Waals surface area (Å²) in [4.78, 5) is 25.8. The maximum atomic E-state index is 13.5. The first-order chi connectivity index (χ1) is 16.1. The van der Waals surface area contributed by atoms with Crippen molar-refractivity contribution < 1.29 is 14.3 Å². The number of carbonyl (C=O) groups is 2. The molecule has 0 aliphatic heterocycles. The van der Waals surface area contributed by atoms with E-state index < -0.39 is 17.4 Å². The molecule has 3 aromatic carbocycles. The first-order valence-corrected chi connectivity index (χ1v) is 11.1. The largest absolute Gasteiger partial charge is 0.467 e. The van der Waals surface area contributed by atoms with E-state index >= 15 is 0 Å². The van der Waals surface area contributed by atoms with Crippen molar-refractivity contribution in [3.05, 3.63) is 108 Å². The number of esters is 1. The standard InChI is InChI=1S/C29H29NO3/c1-3-4-8-21-26(28(32)33-2)30-27(31)22-29(23-15-9-5-10-16-23,24-17-11-6-12-18-24)25-19-13-7-14-20-25/h1,5-7,9-20,26H,4,8,21-22H2,2H3,(H,30,31)/t26-/m0/s1. The number of terminal acetylenes is 1. The van der Waals surface area contributed by atoms with Crippen LogP contribution in [0.4, 0.5) is 0 Å². The molecule has 0 saturated heterocycles. The number of ether oxygens (including phenoxy) is 1. The van der Waals surface area contributed by atoms with E-state index in [9.17, 15) is 9.59 Å². The molecular formula is C29H29NO3. The van der Waals surface area contributed by atoms with Gasteiger partial charge in [0.2, 0.25) is 5.91 Å². The molecule has 4 nitrogen and oxygen atoms in total. The van der Waals surface area contributed by atoms with Gasteiger partial charge >= 0.3 is 5.97 Å². The molecule has 0 fully saturated rings. The highest BCUT2D eigenvalue weighted by atomic mass is 16.5. The van der Waals surface area contributed by atoms with Crippen LogP contribution < -0.4 is 5.32 Å². The number of benzene rings is 3. The van der Waals surface area contributed by atoms with Gasteiger partial charge in [-0.15, -0.1) is 12.3 Å². The van der Waals surface area contributed by atoms with Crippen LogP contribution in [0.5, 0.6) is 0 Å². The summed E-state index contributed by atoms with van der Waals surface area (Å²) in [6.07, 6.45) is 7.06. The Bertz CT molecular complexity index is 975. The first-order valence-electron chi connectivity index (χ1n) is 11.1. The highest BCUT2D eigenvalue weighted by Gasteiger charge is 2.39. The quantitative estimate of drug-likeness (QED) is 0.212. The van der Waals surface area contributed by atoms with Crippen LogP contribution in [0.3, 0.4) is 0 Å². The van der Waals surface area contributed by atoms with Gasteiger partial charge in [0, 0.05) is 12.8 Å². The lowest BCUT2D eigenvalue weighted by molar-refractivity contribution is -0.145. The number of rotatable bonds is 10. The lowest BCUT2D eigenvalue weighted by atomic mass is 9.67. The minimum absolute atomic E-state index is 0.133. The van der Waals surface area contributed by atoms with Gasteiger partial charge in [-0.25, -0.2) is 4.79 Å². The summed E-state index contributed by atoms with van der Waals surface area (Å²) in [5, 5.41) is 2.91. The molecule has 3 rings (SSSR count). The Labute approximate surface area is 196 Å². The Balaban J connectivity index is 2.04. The summed E-state index contributed by atoms with van der Waals surface area (Å²) >= 11 is 0. The van der Waals surface area contributed by atoms with Crippen molar-refractivity contribution in [2.75, 3.05) is 7.11 Å². The SMILES string of the molecule is C#CCCC[C@H](NC(=O)CC(c1ccccc1)(c1ccccc1)c1ccccc1)C(=O)OC. The van der Waals surface area contributed by atoms with Gasteiger partial charge in [-0.1, -0.05) is 91.0 Å². The molecule has 33 heavy (non-hydrogen) atoms. The van der Waals surface area contributed by atoms with Crippen molar-refractivity contribution in [2.45, 2.75) is 37.1 Å². The molecular weight excluding hydrogens is 410 g/mol. The summed E-state index contributed by atoms with van der Waals surface area (Å²) in [5.41, 5.74) is 2.27. The maximum absolute atomic E-state index is 13.5. The Kier molecular flexibility index (Phi) is 8.43. The summed E-state index contributed by atoms with van der Waals surface area (Å²) in [7, 11) is 1.32. The van der Waals surface area contributed by atoms with Crippen LogP contribution >= 0.6 is 0 Å². The molecule has 0 aliphatic carbocycles. The molecule has 3 aromatic rings. The molecule has 0 radical (unpaired) electrons. The van der Waals surface area contributed by atoms with Gasteiger partial charge in [-0.3, -0.25) is 4.79 Å². The summed E-state index contributed by atoms with van der Waals surface area (Å²) in [6, 6.07) is 29.2. The molecule has 0 saturated carbocycles. The Morgan fingerprint density at radius 1 is 0.879 bits per heavy atom. The molecule has 168 valence electrons. The number of nitrogens with one attached hydrogen (secondary N) is 1. The van der Waals surface area contributed by atoms with Gasteiger partial charge in [0.05, 0.1) is 12.5 Å². The van der Waals surface area contributed by atoms with Crippen molar-refractivity contribution in [3.8, 4) is 12.3 Å². The molecule has 4 heteroatoms.